The maximum atomic E-state index is 13.0. The molecule has 0 saturated carbocycles. The quantitative estimate of drug-likeness (QED) is 0.482. The SMILES string of the molecule is C[C@@H](NC(=O)Nc1cc(C=N)c(Nc2ccc(F)cc2)cn1)c1ccccn1. The highest BCUT2D eigenvalue weighted by Crippen LogP contribution is 2.21. The van der Waals surface area contributed by atoms with Gasteiger partial charge in [0.2, 0.25) is 0 Å². The predicted octanol–water partition coefficient (Wildman–Crippen LogP) is 4.24. The molecule has 0 fully saturated rings. The van der Waals surface area contributed by atoms with Crippen LogP contribution in [0.3, 0.4) is 0 Å². The Balaban J connectivity index is 1.66. The van der Waals surface area contributed by atoms with E-state index in [1.165, 1.54) is 18.3 Å². The number of amides is 2. The van der Waals surface area contributed by atoms with Gasteiger partial charge in [-0.15, -0.1) is 0 Å². The van der Waals surface area contributed by atoms with Crippen LogP contribution >= 0.6 is 0 Å². The van der Waals surface area contributed by atoms with Crippen molar-refractivity contribution in [1.82, 2.24) is 15.3 Å². The molecule has 2 aromatic heterocycles. The lowest BCUT2D eigenvalue weighted by Gasteiger charge is -2.15. The lowest BCUT2D eigenvalue weighted by Crippen LogP contribution is -2.31. The lowest BCUT2D eigenvalue weighted by atomic mass is 10.2. The molecule has 8 heteroatoms. The maximum absolute atomic E-state index is 13.0. The molecule has 0 radical (unpaired) electrons. The predicted molar refractivity (Wildman–Crippen MR) is 107 cm³/mol. The second-order valence-electron chi connectivity index (χ2n) is 6.01. The number of benzene rings is 1. The van der Waals surface area contributed by atoms with E-state index in [0.717, 1.165) is 11.9 Å². The maximum Gasteiger partial charge on any atom is 0.320 e. The summed E-state index contributed by atoms with van der Waals surface area (Å²) in [6, 6.07) is 12.2. The van der Waals surface area contributed by atoms with Gasteiger partial charge in [0.15, 0.2) is 0 Å². The molecule has 0 spiro atoms. The van der Waals surface area contributed by atoms with Crippen molar-refractivity contribution in [2.75, 3.05) is 10.6 Å². The van der Waals surface area contributed by atoms with Gasteiger partial charge in [0.05, 0.1) is 23.6 Å². The summed E-state index contributed by atoms with van der Waals surface area (Å²) in [6.07, 6.45) is 4.31. The van der Waals surface area contributed by atoms with Crippen LogP contribution in [-0.2, 0) is 0 Å². The molecule has 0 unspecified atom stereocenters. The molecule has 142 valence electrons. The minimum absolute atomic E-state index is 0.275. The topological polar surface area (TPSA) is 103 Å². The number of pyridine rings is 2. The minimum Gasteiger partial charge on any atom is -0.354 e. The van der Waals surface area contributed by atoms with Crippen molar-refractivity contribution in [2.45, 2.75) is 13.0 Å². The van der Waals surface area contributed by atoms with Crippen molar-refractivity contribution in [2.24, 2.45) is 0 Å². The zero-order chi connectivity index (χ0) is 19.9. The van der Waals surface area contributed by atoms with E-state index in [2.05, 4.69) is 25.9 Å². The third-order valence-corrected chi connectivity index (χ3v) is 3.94. The Hall–Kier alpha value is -3.81. The van der Waals surface area contributed by atoms with Gasteiger partial charge in [-0.05, 0) is 49.4 Å². The monoisotopic (exact) mass is 378 g/mol. The van der Waals surface area contributed by atoms with Gasteiger partial charge in [0.1, 0.15) is 11.6 Å². The molecule has 3 aromatic rings. The number of aromatic nitrogens is 2. The first-order valence-corrected chi connectivity index (χ1v) is 8.56. The summed E-state index contributed by atoms with van der Waals surface area (Å²) >= 11 is 0. The van der Waals surface area contributed by atoms with E-state index in [4.69, 9.17) is 5.41 Å². The number of halogens is 1. The van der Waals surface area contributed by atoms with Gasteiger partial charge in [0.25, 0.3) is 0 Å². The fourth-order valence-electron chi connectivity index (χ4n) is 2.51. The smallest absolute Gasteiger partial charge is 0.320 e. The highest BCUT2D eigenvalue weighted by molar-refractivity contribution is 5.92. The molecule has 28 heavy (non-hydrogen) atoms. The van der Waals surface area contributed by atoms with Crippen molar-refractivity contribution < 1.29 is 9.18 Å². The van der Waals surface area contributed by atoms with Crippen molar-refractivity contribution in [3.05, 3.63) is 78.0 Å². The molecule has 2 heterocycles. The molecule has 4 N–H and O–H groups in total. The summed E-state index contributed by atoms with van der Waals surface area (Å²) in [5, 5.41) is 16.1. The van der Waals surface area contributed by atoms with E-state index in [1.807, 2.05) is 19.1 Å². The second-order valence-corrected chi connectivity index (χ2v) is 6.01. The number of anilines is 3. The zero-order valence-corrected chi connectivity index (χ0v) is 15.1. The summed E-state index contributed by atoms with van der Waals surface area (Å²) in [6.45, 7) is 1.83. The number of nitrogens with one attached hydrogen (secondary N) is 4. The van der Waals surface area contributed by atoms with Crippen LogP contribution in [0, 0.1) is 11.2 Å². The van der Waals surface area contributed by atoms with Gasteiger partial charge in [-0.3, -0.25) is 10.3 Å². The van der Waals surface area contributed by atoms with E-state index < -0.39 is 6.03 Å². The first kappa shape index (κ1) is 19.0. The summed E-state index contributed by atoms with van der Waals surface area (Å²) in [5.74, 6) is -0.0321. The molecular weight excluding hydrogens is 359 g/mol. The molecular formula is C20H19FN6O. The molecule has 2 amide bonds. The van der Waals surface area contributed by atoms with Crippen molar-refractivity contribution >= 4 is 29.4 Å². The number of hydrogen-bond donors (Lipinski definition) is 4. The van der Waals surface area contributed by atoms with Crippen molar-refractivity contribution in [1.29, 1.82) is 5.41 Å². The first-order valence-electron chi connectivity index (χ1n) is 8.56. The van der Waals surface area contributed by atoms with Crippen LogP contribution in [0.1, 0.15) is 24.2 Å². The molecule has 7 nitrogen and oxygen atoms in total. The molecule has 0 aliphatic rings. The number of rotatable bonds is 6. The number of nitrogens with zero attached hydrogens (tertiary/aromatic N) is 2. The Bertz CT molecular complexity index is 962. The lowest BCUT2D eigenvalue weighted by molar-refractivity contribution is 0.249. The number of carbonyl (C=O) groups is 1. The molecule has 1 aromatic carbocycles. The van der Waals surface area contributed by atoms with Gasteiger partial charge >= 0.3 is 6.03 Å². The molecule has 0 aliphatic carbocycles. The van der Waals surface area contributed by atoms with Crippen molar-refractivity contribution in [3.63, 3.8) is 0 Å². The van der Waals surface area contributed by atoms with Crippen LogP contribution in [0.25, 0.3) is 0 Å². The summed E-state index contributed by atoms with van der Waals surface area (Å²) < 4.78 is 13.0. The summed E-state index contributed by atoms with van der Waals surface area (Å²) in [7, 11) is 0. The largest absolute Gasteiger partial charge is 0.354 e. The highest BCUT2D eigenvalue weighted by Gasteiger charge is 2.12. The average molecular weight is 378 g/mol. The Labute approximate surface area is 161 Å². The summed E-state index contributed by atoms with van der Waals surface area (Å²) in [5.41, 5.74) is 2.49. The third kappa shape index (κ3) is 4.88. The minimum atomic E-state index is -0.430. The fraction of sp³-hybridized carbons (Fsp3) is 0.100. The Kier molecular flexibility index (Phi) is 5.91. The zero-order valence-electron chi connectivity index (χ0n) is 15.1. The average Bonchev–Trinajstić information content (AvgIpc) is 2.71. The van der Waals surface area contributed by atoms with Crippen LogP contribution < -0.4 is 16.0 Å². The van der Waals surface area contributed by atoms with Gasteiger partial charge < -0.3 is 16.0 Å². The second kappa shape index (κ2) is 8.72. The Morgan fingerprint density at radius 3 is 2.64 bits per heavy atom. The molecule has 0 saturated heterocycles. The Morgan fingerprint density at radius 2 is 1.96 bits per heavy atom. The van der Waals surface area contributed by atoms with Crippen LogP contribution in [0.15, 0.2) is 60.9 Å². The normalized spacial score (nSPS) is 11.4. The van der Waals surface area contributed by atoms with Gasteiger partial charge in [-0.2, -0.15) is 0 Å². The third-order valence-electron chi connectivity index (χ3n) is 3.94. The fourth-order valence-corrected chi connectivity index (χ4v) is 2.51. The molecule has 0 bridgehead atoms. The first-order chi connectivity index (χ1) is 13.5. The number of hydrogen-bond acceptors (Lipinski definition) is 5. The standard InChI is InChI=1S/C20H19FN6O/c1-13(17-4-2-3-9-23-17)25-20(28)27-19-10-14(11-22)18(12-24-19)26-16-7-5-15(21)6-8-16/h2-13,22,26H,1H3,(H2,24,25,27,28)/t13-/m1/s1. The molecule has 1 atom stereocenters. The van der Waals surface area contributed by atoms with Crippen LogP contribution in [0.5, 0.6) is 0 Å². The van der Waals surface area contributed by atoms with E-state index in [0.29, 0.717) is 22.8 Å². The van der Waals surface area contributed by atoms with E-state index >= 15 is 0 Å². The highest BCUT2D eigenvalue weighted by atomic mass is 19.1. The van der Waals surface area contributed by atoms with E-state index in [9.17, 15) is 9.18 Å². The van der Waals surface area contributed by atoms with Gasteiger partial charge in [-0.25, -0.2) is 14.2 Å². The Morgan fingerprint density at radius 1 is 1.18 bits per heavy atom. The number of carbonyl (C=O) groups excluding carboxylic acids is 1. The summed E-state index contributed by atoms with van der Waals surface area (Å²) in [4.78, 5) is 20.6. The van der Waals surface area contributed by atoms with E-state index in [-0.39, 0.29) is 11.9 Å². The van der Waals surface area contributed by atoms with E-state index in [1.54, 1.807) is 30.5 Å². The van der Waals surface area contributed by atoms with Gasteiger partial charge in [-0.1, -0.05) is 6.07 Å². The molecule has 3 rings (SSSR count). The van der Waals surface area contributed by atoms with Gasteiger partial charge in [0, 0.05) is 23.7 Å². The van der Waals surface area contributed by atoms with Crippen LogP contribution in [-0.4, -0.2) is 22.2 Å². The van der Waals surface area contributed by atoms with Crippen LogP contribution in [0.4, 0.5) is 26.4 Å². The number of urea groups is 1. The van der Waals surface area contributed by atoms with Crippen molar-refractivity contribution in [3.8, 4) is 0 Å². The van der Waals surface area contributed by atoms with Crippen LogP contribution in [0.2, 0.25) is 0 Å². The molecule has 0 aliphatic heterocycles.